The molecule has 214 valence electrons. The molecule has 0 N–H and O–H groups in total. The van der Waals surface area contributed by atoms with Crippen molar-refractivity contribution in [3.05, 3.63) is 128 Å². The number of pyridine rings is 4. The van der Waals surface area contributed by atoms with Crippen LogP contribution in [0, 0.1) is 0 Å². The number of para-hydroxylation sites is 1. The van der Waals surface area contributed by atoms with Crippen LogP contribution in [0.5, 0.6) is 0 Å². The third-order valence-corrected chi connectivity index (χ3v) is 8.58. The zero-order valence-corrected chi connectivity index (χ0v) is 24.1. The number of hydrogen-bond acceptors (Lipinski definition) is 7. The van der Waals surface area contributed by atoms with Crippen LogP contribution >= 0.6 is 0 Å². The van der Waals surface area contributed by atoms with Gasteiger partial charge in [0.05, 0.1) is 11.0 Å². The summed E-state index contributed by atoms with van der Waals surface area (Å²) >= 11 is 0. The molecular formula is C37H21N9. The zero-order valence-electron chi connectivity index (χ0n) is 24.1. The molecule has 0 saturated heterocycles. The SMILES string of the molecule is c1cnc2c(c1)ccc1cc(-c3nc(-n4c5ccccc5c5cccnc54)nc(-n4c5ncccc5c5cccnc54)n3)ccc12. The van der Waals surface area contributed by atoms with Crippen LogP contribution in [0.15, 0.2) is 128 Å². The Morgan fingerprint density at radius 3 is 1.76 bits per heavy atom. The molecular weight excluding hydrogens is 570 g/mol. The molecule has 3 aromatic carbocycles. The Bertz CT molecular complexity index is 2590. The van der Waals surface area contributed by atoms with Gasteiger partial charge in [-0.05, 0) is 60.0 Å². The van der Waals surface area contributed by atoms with Gasteiger partial charge in [0.1, 0.15) is 16.9 Å². The monoisotopic (exact) mass is 591 g/mol. The normalized spacial score (nSPS) is 11.9. The van der Waals surface area contributed by atoms with Crippen LogP contribution in [0.25, 0.3) is 89.0 Å². The van der Waals surface area contributed by atoms with E-state index >= 15 is 0 Å². The van der Waals surface area contributed by atoms with Crippen molar-refractivity contribution in [2.45, 2.75) is 0 Å². The van der Waals surface area contributed by atoms with Crippen LogP contribution in [0.2, 0.25) is 0 Å². The molecule has 9 nitrogen and oxygen atoms in total. The molecule has 9 heteroatoms. The molecule has 7 heterocycles. The summed E-state index contributed by atoms with van der Waals surface area (Å²) in [5, 5.41) is 7.24. The van der Waals surface area contributed by atoms with Crippen LogP contribution in [-0.2, 0) is 0 Å². The molecule has 0 bridgehead atoms. The van der Waals surface area contributed by atoms with Gasteiger partial charge in [-0.3, -0.25) is 9.55 Å². The molecule has 10 aromatic rings. The minimum atomic E-state index is 0.416. The first-order valence-electron chi connectivity index (χ1n) is 14.9. The molecule has 0 aliphatic carbocycles. The van der Waals surface area contributed by atoms with Crippen molar-refractivity contribution in [2.24, 2.45) is 0 Å². The Morgan fingerprint density at radius 1 is 0.413 bits per heavy atom. The summed E-state index contributed by atoms with van der Waals surface area (Å²) in [5.41, 5.74) is 4.96. The summed E-state index contributed by atoms with van der Waals surface area (Å²) in [5.74, 6) is 1.39. The first-order chi connectivity index (χ1) is 22.8. The fraction of sp³-hybridized carbons (Fsp3) is 0. The quantitative estimate of drug-likeness (QED) is 0.195. The van der Waals surface area contributed by atoms with E-state index in [9.17, 15) is 0 Å². The van der Waals surface area contributed by atoms with Crippen molar-refractivity contribution < 1.29 is 0 Å². The van der Waals surface area contributed by atoms with Crippen LogP contribution in [0.3, 0.4) is 0 Å². The van der Waals surface area contributed by atoms with E-state index in [1.165, 1.54) is 0 Å². The van der Waals surface area contributed by atoms with E-state index in [1.807, 2.05) is 69.9 Å². The number of fused-ring (bicyclic) bond motifs is 9. The second-order valence-corrected chi connectivity index (χ2v) is 11.1. The highest BCUT2D eigenvalue weighted by atomic mass is 15.3. The molecule has 0 atom stereocenters. The van der Waals surface area contributed by atoms with E-state index < -0.39 is 0 Å². The van der Waals surface area contributed by atoms with E-state index in [0.29, 0.717) is 17.7 Å². The fourth-order valence-corrected chi connectivity index (χ4v) is 6.55. The van der Waals surface area contributed by atoms with Gasteiger partial charge in [0, 0.05) is 62.7 Å². The average molecular weight is 592 g/mol. The van der Waals surface area contributed by atoms with Crippen molar-refractivity contribution in [1.82, 2.24) is 44.0 Å². The van der Waals surface area contributed by atoms with E-state index in [-0.39, 0.29) is 0 Å². The van der Waals surface area contributed by atoms with E-state index in [0.717, 1.165) is 71.2 Å². The zero-order chi connectivity index (χ0) is 30.2. The molecule has 0 fully saturated rings. The number of nitrogens with zero attached hydrogens (tertiary/aromatic N) is 9. The maximum absolute atomic E-state index is 5.12. The Labute approximate surface area is 260 Å². The van der Waals surface area contributed by atoms with Gasteiger partial charge in [0.2, 0.25) is 11.9 Å². The topological polar surface area (TPSA) is 100 Å². The molecule has 0 spiro atoms. The average Bonchev–Trinajstić information content (AvgIpc) is 3.64. The van der Waals surface area contributed by atoms with Gasteiger partial charge in [0.15, 0.2) is 5.82 Å². The molecule has 46 heavy (non-hydrogen) atoms. The molecule has 10 rings (SSSR count). The van der Waals surface area contributed by atoms with Gasteiger partial charge in [-0.1, -0.05) is 48.5 Å². The lowest BCUT2D eigenvalue weighted by Gasteiger charge is -2.12. The van der Waals surface area contributed by atoms with E-state index in [4.69, 9.17) is 29.9 Å². The highest BCUT2D eigenvalue weighted by Gasteiger charge is 2.21. The Balaban J connectivity index is 1.30. The number of hydrogen-bond donors (Lipinski definition) is 0. The summed E-state index contributed by atoms with van der Waals surface area (Å²) in [6.45, 7) is 0. The number of benzene rings is 3. The third-order valence-electron chi connectivity index (χ3n) is 8.58. The van der Waals surface area contributed by atoms with Gasteiger partial charge in [0.25, 0.3) is 0 Å². The van der Waals surface area contributed by atoms with Crippen molar-refractivity contribution >= 4 is 65.7 Å². The first kappa shape index (κ1) is 24.8. The maximum Gasteiger partial charge on any atom is 0.242 e. The predicted molar refractivity (Wildman–Crippen MR) is 180 cm³/mol. The maximum atomic E-state index is 5.12. The van der Waals surface area contributed by atoms with Crippen molar-refractivity contribution in [1.29, 1.82) is 0 Å². The van der Waals surface area contributed by atoms with Crippen LogP contribution < -0.4 is 0 Å². The van der Waals surface area contributed by atoms with Crippen molar-refractivity contribution in [3.63, 3.8) is 0 Å². The molecule has 0 saturated carbocycles. The molecule has 0 aliphatic heterocycles. The molecule has 7 aromatic heterocycles. The number of aromatic nitrogens is 9. The van der Waals surface area contributed by atoms with Gasteiger partial charge >= 0.3 is 0 Å². The third kappa shape index (κ3) is 3.53. The van der Waals surface area contributed by atoms with Gasteiger partial charge < -0.3 is 0 Å². The Hall–Kier alpha value is -6.61. The summed E-state index contributed by atoms with van der Waals surface area (Å²) in [7, 11) is 0. The summed E-state index contributed by atoms with van der Waals surface area (Å²) in [6.07, 6.45) is 7.18. The summed E-state index contributed by atoms with van der Waals surface area (Å²) < 4.78 is 3.92. The molecule has 0 unspecified atom stereocenters. The van der Waals surface area contributed by atoms with Gasteiger partial charge in [-0.25, -0.2) is 19.5 Å². The Kier molecular flexibility index (Phi) is 5.09. The molecule has 0 amide bonds. The largest absolute Gasteiger partial charge is 0.262 e. The second-order valence-electron chi connectivity index (χ2n) is 11.1. The highest BCUT2D eigenvalue weighted by molar-refractivity contribution is 6.08. The van der Waals surface area contributed by atoms with Gasteiger partial charge in [-0.15, -0.1) is 0 Å². The second kappa shape index (κ2) is 9.44. The van der Waals surface area contributed by atoms with Crippen molar-refractivity contribution in [3.8, 4) is 23.3 Å². The van der Waals surface area contributed by atoms with E-state index in [2.05, 4.69) is 53.5 Å². The minimum Gasteiger partial charge on any atom is -0.262 e. The lowest BCUT2D eigenvalue weighted by Crippen LogP contribution is -2.11. The minimum absolute atomic E-state index is 0.416. The van der Waals surface area contributed by atoms with Gasteiger partial charge in [-0.2, -0.15) is 15.0 Å². The molecule has 0 radical (unpaired) electrons. The van der Waals surface area contributed by atoms with Crippen LogP contribution in [0.4, 0.5) is 0 Å². The number of rotatable bonds is 3. The van der Waals surface area contributed by atoms with Crippen molar-refractivity contribution in [2.75, 3.05) is 0 Å². The van der Waals surface area contributed by atoms with E-state index in [1.54, 1.807) is 18.6 Å². The summed E-state index contributed by atoms with van der Waals surface area (Å²) in [4.78, 5) is 34.3. The smallest absolute Gasteiger partial charge is 0.242 e. The highest BCUT2D eigenvalue weighted by Crippen LogP contribution is 2.33. The first-order valence-corrected chi connectivity index (χ1v) is 14.9. The van der Waals surface area contributed by atoms with Crippen LogP contribution in [0.1, 0.15) is 0 Å². The lowest BCUT2D eigenvalue weighted by molar-refractivity contribution is 0.879. The fourth-order valence-electron chi connectivity index (χ4n) is 6.55. The summed E-state index contributed by atoms with van der Waals surface area (Å²) in [6, 6.07) is 34.7. The predicted octanol–water partition coefficient (Wildman–Crippen LogP) is 7.62. The van der Waals surface area contributed by atoms with Crippen LogP contribution in [-0.4, -0.2) is 44.0 Å². The molecule has 0 aliphatic rings. The Morgan fingerprint density at radius 2 is 1.00 bits per heavy atom. The lowest BCUT2D eigenvalue weighted by atomic mass is 10.0. The standard InChI is InChI=1S/C37H21N9/c1-2-12-30-26(8-1)27-9-4-18-39-33(27)45(30)36-42-32(24-15-16-25-23(21-24)14-13-22-7-3-17-38-31(22)25)43-37(44-36)46-34-28(10-5-19-40-34)29-11-6-20-41-35(29)46/h1-21H.